The summed E-state index contributed by atoms with van der Waals surface area (Å²) >= 11 is 0. The van der Waals surface area contributed by atoms with Crippen LogP contribution in [0.4, 0.5) is 5.69 Å². The topological polar surface area (TPSA) is 78.0 Å². The van der Waals surface area contributed by atoms with Gasteiger partial charge in [0.2, 0.25) is 0 Å². The van der Waals surface area contributed by atoms with E-state index in [4.69, 9.17) is 5.11 Å². The summed E-state index contributed by atoms with van der Waals surface area (Å²) in [5, 5.41) is 17.8. The van der Waals surface area contributed by atoms with Gasteiger partial charge in [-0.25, -0.2) is 0 Å². The van der Waals surface area contributed by atoms with Crippen molar-refractivity contribution in [2.24, 2.45) is 0 Å². The number of amides is 1. The monoisotopic (exact) mass is 255 g/mol. The highest BCUT2D eigenvalue weighted by Crippen LogP contribution is 2.17. The number of nitrogens with one attached hydrogen (secondary N) is 2. The van der Waals surface area contributed by atoms with Crippen LogP contribution in [0.5, 0.6) is 0 Å². The number of aromatic amines is 1. The van der Waals surface area contributed by atoms with Crippen LogP contribution >= 0.6 is 0 Å². The SMILES string of the molecule is Cc1ccc(C#CCO)cc1NC(=O)c1cn[nH]c1. The lowest BCUT2D eigenvalue weighted by molar-refractivity contribution is 0.102. The minimum Gasteiger partial charge on any atom is -0.384 e. The number of anilines is 1. The van der Waals surface area contributed by atoms with E-state index in [1.165, 1.54) is 12.4 Å². The van der Waals surface area contributed by atoms with Crippen molar-refractivity contribution < 1.29 is 9.90 Å². The first-order valence-corrected chi connectivity index (χ1v) is 5.71. The standard InChI is InChI=1S/C14H13N3O2/c1-10-4-5-11(3-2-6-18)7-13(10)17-14(19)12-8-15-16-9-12/h4-5,7-9,18H,6H2,1H3,(H,15,16)(H,17,19). The zero-order chi connectivity index (χ0) is 13.7. The molecule has 0 fully saturated rings. The number of H-pyrrole nitrogens is 1. The number of aryl methyl sites for hydroxylation is 1. The van der Waals surface area contributed by atoms with E-state index in [0.29, 0.717) is 11.3 Å². The Morgan fingerprint density at radius 2 is 2.37 bits per heavy atom. The van der Waals surface area contributed by atoms with Gasteiger partial charge in [0.05, 0.1) is 11.8 Å². The van der Waals surface area contributed by atoms with Gasteiger partial charge in [-0.05, 0) is 24.6 Å². The maximum absolute atomic E-state index is 11.9. The molecule has 0 aliphatic rings. The number of aliphatic hydroxyl groups excluding tert-OH is 1. The molecule has 0 saturated carbocycles. The van der Waals surface area contributed by atoms with Crippen LogP contribution < -0.4 is 5.32 Å². The van der Waals surface area contributed by atoms with E-state index in [0.717, 1.165) is 11.1 Å². The maximum atomic E-state index is 11.9. The summed E-state index contributed by atoms with van der Waals surface area (Å²) < 4.78 is 0. The normalized spacial score (nSPS) is 9.58. The summed E-state index contributed by atoms with van der Waals surface area (Å²) in [4.78, 5) is 11.9. The van der Waals surface area contributed by atoms with Crippen molar-refractivity contribution in [2.75, 3.05) is 11.9 Å². The third-order valence-electron chi connectivity index (χ3n) is 2.56. The van der Waals surface area contributed by atoms with Crippen molar-refractivity contribution >= 4 is 11.6 Å². The summed E-state index contributed by atoms with van der Waals surface area (Å²) in [5.74, 6) is 5.14. The van der Waals surface area contributed by atoms with Crippen molar-refractivity contribution in [1.29, 1.82) is 0 Å². The number of carbonyl (C=O) groups is 1. The quantitative estimate of drug-likeness (QED) is 0.708. The fourth-order valence-electron chi connectivity index (χ4n) is 1.55. The molecular formula is C14H13N3O2. The molecule has 5 nitrogen and oxygen atoms in total. The molecule has 96 valence electrons. The molecule has 1 heterocycles. The molecule has 0 aliphatic carbocycles. The Kier molecular flexibility index (Phi) is 3.96. The molecule has 2 rings (SSSR count). The predicted octanol–water partition coefficient (Wildman–Crippen LogP) is 1.31. The van der Waals surface area contributed by atoms with Crippen LogP contribution in [0.1, 0.15) is 21.5 Å². The van der Waals surface area contributed by atoms with Crippen LogP contribution in [-0.4, -0.2) is 27.8 Å². The first kappa shape index (κ1) is 12.9. The Morgan fingerprint density at radius 1 is 1.53 bits per heavy atom. The molecule has 0 unspecified atom stereocenters. The zero-order valence-electron chi connectivity index (χ0n) is 10.4. The average molecular weight is 255 g/mol. The summed E-state index contributed by atoms with van der Waals surface area (Å²) in [6.07, 6.45) is 2.99. The Labute approximate surface area is 110 Å². The molecule has 2 aromatic rings. The molecule has 1 aromatic heterocycles. The van der Waals surface area contributed by atoms with E-state index in [1.54, 1.807) is 6.07 Å². The van der Waals surface area contributed by atoms with Gasteiger partial charge in [-0.3, -0.25) is 9.89 Å². The first-order chi connectivity index (χ1) is 9.20. The van der Waals surface area contributed by atoms with Crippen LogP contribution in [0.2, 0.25) is 0 Å². The number of aromatic nitrogens is 2. The van der Waals surface area contributed by atoms with Crippen molar-refractivity contribution in [3.8, 4) is 11.8 Å². The third-order valence-corrected chi connectivity index (χ3v) is 2.56. The van der Waals surface area contributed by atoms with E-state index in [9.17, 15) is 4.79 Å². The van der Waals surface area contributed by atoms with Gasteiger partial charge < -0.3 is 10.4 Å². The lowest BCUT2D eigenvalue weighted by Crippen LogP contribution is -2.12. The van der Waals surface area contributed by atoms with Crippen molar-refractivity contribution in [2.45, 2.75) is 6.92 Å². The molecular weight excluding hydrogens is 242 g/mol. The second-order valence-corrected chi connectivity index (χ2v) is 3.93. The molecule has 0 bridgehead atoms. The summed E-state index contributed by atoms with van der Waals surface area (Å²) in [6.45, 7) is 1.71. The second kappa shape index (κ2) is 5.85. The largest absolute Gasteiger partial charge is 0.384 e. The molecule has 5 heteroatoms. The Bertz CT molecular complexity index is 636. The number of hydrogen-bond donors (Lipinski definition) is 3. The Morgan fingerprint density at radius 3 is 3.05 bits per heavy atom. The molecule has 19 heavy (non-hydrogen) atoms. The summed E-state index contributed by atoms with van der Waals surface area (Å²) in [6, 6.07) is 5.48. The average Bonchev–Trinajstić information content (AvgIpc) is 2.93. The van der Waals surface area contributed by atoms with Crippen molar-refractivity contribution in [3.63, 3.8) is 0 Å². The van der Waals surface area contributed by atoms with E-state index in [1.807, 2.05) is 19.1 Å². The lowest BCUT2D eigenvalue weighted by atomic mass is 10.1. The van der Waals surface area contributed by atoms with Crippen LogP contribution in [0.3, 0.4) is 0 Å². The van der Waals surface area contributed by atoms with E-state index in [-0.39, 0.29) is 12.5 Å². The third kappa shape index (κ3) is 3.21. The van der Waals surface area contributed by atoms with Gasteiger partial charge in [-0.1, -0.05) is 17.9 Å². The van der Waals surface area contributed by atoms with Gasteiger partial charge in [-0.2, -0.15) is 5.10 Å². The van der Waals surface area contributed by atoms with Gasteiger partial charge in [0.15, 0.2) is 0 Å². The molecule has 0 saturated heterocycles. The Hall–Kier alpha value is -2.58. The van der Waals surface area contributed by atoms with Crippen molar-refractivity contribution in [3.05, 3.63) is 47.3 Å². The lowest BCUT2D eigenvalue weighted by Gasteiger charge is -2.07. The van der Waals surface area contributed by atoms with Crippen LogP contribution in [0, 0.1) is 18.8 Å². The van der Waals surface area contributed by atoms with E-state index >= 15 is 0 Å². The highest BCUT2D eigenvalue weighted by Gasteiger charge is 2.08. The molecule has 0 aliphatic heterocycles. The molecule has 0 spiro atoms. The molecule has 0 radical (unpaired) electrons. The molecule has 1 aromatic carbocycles. The smallest absolute Gasteiger partial charge is 0.258 e. The van der Waals surface area contributed by atoms with Crippen LogP contribution in [0.15, 0.2) is 30.6 Å². The number of carbonyl (C=O) groups excluding carboxylic acids is 1. The van der Waals surface area contributed by atoms with Crippen molar-refractivity contribution in [1.82, 2.24) is 10.2 Å². The van der Waals surface area contributed by atoms with Gasteiger partial charge in [0.1, 0.15) is 6.61 Å². The molecule has 1 amide bonds. The number of rotatable bonds is 2. The van der Waals surface area contributed by atoms with Crippen LogP contribution in [-0.2, 0) is 0 Å². The highest BCUT2D eigenvalue weighted by atomic mass is 16.2. The fourth-order valence-corrected chi connectivity index (χ4v) is 1.55. The summed E-state index contributed by atoms with van der Waals surface area (Å²) in [5.41, 5.74) is 2.83. The number of hydrogen-bond acceptors (Lipinski definition) is 3. The predicted molar refractivity (Wildman–Crippen MR) is 71.7 cm³/mol. The fraction of sp³-hybridized carbons (Fsp3) is 0.143. The number of nitrogens with zero attached hydrogens (tertiary/aromatic N) is 1. The van der Waals surface area contributed by atoms with Gasteiger partial charge in [-0.15, -0.1) is 0 Å². The maximum Gasteiger partial charge on any atom is 0.258 e. The molecule has 3 N–H and O–H groups in total. The molecule has 0 atom stereocenters. The Balaban J connectivity index is 2.22. The highest BCUT2D eigenvalue weighted by molar-refractivity contribution is 6.04. The van der Waals surface area contributed by atoms with Crippen LogP contribution in [0.25, 0.3) is 0 Å². The first-order valence-electron chi connectivity index (χ1n) is 5.71. The van der Waals surface area contributed by atoms with Gasteiger partial charge in [0.25, 0.3) is 5.91 Å². The minimum atomic E-state index is -0.232. The number of benzene rings is 1. The second-order valence-electron chi connectivity index (χ2n) is 3.93. The number of aliphatic hydroxyl groups is 1. The van der Waals surface area contributed by atoms with E-state index in [2.05, 4.69) is 27.4 Å². The van der Waals surface area contributed by atoms with Gasteiger partial charge in [0, 0.05) is 17.4 Å². The minimum absolute atomic E-state index is 0.190. The van der Waals surface area contributed by atoms with Gasteiger partial charge >= 0.3 is 0 Å². The summed E-state index contributed by atoms with van der Waals surface area (Å²) in [7, 11) is 0. The zero-order valence-corrected chi connectivity index (χ0v) is 10.4. The van der Waals surface area contributed by atoms with E-state index < -0.39 is 0 Å².